The van der Waals surface area contributed by atoms with Gasteiger partial charge in [-0.1, -0.05) is 47.5 Å². The third kappa shape index (κ3) is 4.15. The van der Waals surface area contributed by atoms with Crippen molar-refractivity contribution < 1.29 is 9.21 Å². The Morgan fingerprint density at radius 3 is 2.52 bits per heavy atom. The molecular formula is C21H22N2O2. The Labute approximate surface area is 147 Å². The second-order valence-electron chi connectivity index (χ2n) is 6.28. The van der Waals surface area contributed by atoms with Crippen LogP contribution in [0.2, 0.25) is 0 Å². The second kappa shape index (κ2) is 7.34. The van der Waals surface area contributed by atoms with Crippen LogP contribution in [0.25, 0.3) is 11.5 Å². The third-order valence-corrected chi connectivity index (χ3v) is 4.10. The van der Waals surface area contributed by atoms with Gasteiger partial charge in [0, 0.05) is 12.1 Å². The number of rotatable bonds is 5. The molecule has 1 N–H and O–H groups in total. The number of amides is 1. The summed E-state index contributed by atoms with van der Waals surface area (Å²) in [6.07, 6.45) is 0.785. The molecule has 4 heteroatoms. The van der Waals surface area contributed by atoms with Gasteiger partial charge in [-0.05, 0) is 44.9 Å². The predicted molar refractivity (Wildman–Crippen MR) is 98.6 cm³/mol. The number of hydrogen-bond acceptors (Lipinski definition) is 3. The summed E-state index contributed by atoms with van der Waals surface area (Å²) < 4.78 is 5.68. The molecule has 3 aromatic rings. The van der Waals surface area contributed by atoms with Gasteiger partial charge in [0.1, 0.15) is 5.76 Å². The highest BCUT2D eigenvalue weighted by Gasteiger charge is 2.17. The Bertz CT molecular complexity index is 879. The normalized spacial score (nSPS) is 10.7. The van der Waals surface area contributed by atoms with Gasteiger partial charge in [-0.3, -0.25) is 4.79 Å². The summed E-state index contributed by atoms with van der Waals surface area (Å²) in [7, 11) is 0. The molecule has 0 spiro atoms. The molecule has 0 aliphatic rings. The standard InChI is InChI=1S/C21H22N2O2/c1-14-7-9-17(10-8-14)11-12-22-20(24)19-16(3)25-21(23-19)18-6-4-5-15(2)13-18/h4-10,13H,11-12H2,1-3H3,(H,22,24). The van der Waals surface area contributed by atoms with Gasteiger partial charge in [-0.25, -0.2) is 4.98 Å². The number of nitrogens with zero attached hydrogens (tertiary/aromatic N) is 1. The van der Waals surface area contributed by atoms with Crippen LogP contribution in [0, 0.1) is 20.8 Å². The number of benzene rings is 2. The molecule has 0 aliphatic carbocycles. The summed E-state index contributed by atoms with van der Waals surface area (Å²) in [5.74, 6) is 0.807. The van der Waals surface area contributed by atoms with Crippen LogP contribution in [0.1, 0.15) is 32.9 Å². The smallest absolute Gasteiger partial charge is 0.273 e. The number of nitrogens with one attached hydrogen (secondary N) is 1. The zero-order valence-corrected chi connectivity index (χ0v) is 14.8. The maximum atomic E-state index is 12.4. The number of aromatic nitrogens is 1. The molecule has 0 fully saturated rings. The predicted octanol–water partition coefficient (Wildman–Crippen LogP) is 4.24. The molecule has 1 aromatic heterocycles. The first kappa shape index (κ1) is 17.0. The number of oxazole rings is 1. The van der Waals surface area contributed by atoms with Crippen LogP contribution in [-0.4, -0.2) is 17.4 Å². The summed E-state index contributed by atoms with van der Waals surface area (Å²) >= 11 is 0. The Morgan fingerprint density at radius 1 is 1.04 bits per heavy atom. The first-order valence-corrected chi connectivity index (χ1v) is 8.41. The lowest BCUT2D eigenvalue weighted by Crippen LogP contribution is -2.26. The maximum Gasteiger partial charge on any atom is 0.273 e. The van der Waals surface area contributed by atoms with E-state index in [2.05, 4.69) is 41.5 Å². The van der Waals surface area contributed by atoms with Crippen molar-refractivity contribution in [2.45, 2.75) is 27.2 Å². The highest BCUT2D eigenvalue weighted by molar-refractivity contribution is 5.93. The van der Waals surface area contributed by atoms with Gasteiger partial charge in [0.05, 0.1) is 0 Å². The van der Waals surface area contributed by atoms with Crippen molar-refractivity contribution in [3.8, 4) is 11.5 Å². The van der Waals surface area contributed by atoms with E-state index in [9.17, 15) is 4.79 Å². The fourth-order valence-electron chi connectivity index (χ4n) is 2.67. The fourth-order valence-corrected chi connectivity index (χ4v) is 2.67. The first-order valence-electron chi connectivity index (χ1n) is 8.41. The molecule has 0 bridgehead atoms. The van der Waals surface area contributed by atoms with E-state index in [-0.39, 0.29) is 5.91 Å². The lowest BCUT2D eigenvalue weighted by molar-refractivity contribution is 0.0948. The van der Waals surface area contributed by atoms with Crippen molar-refractivity contribution in [2.24, 2.45) is 0 Å². The van der Waals surface area contributed by atoms with E-state index >= 15 is 0 Å². The van der Waals surface area contributed by atoms with Crippen molar-refractivity contribution in [3.05, 3.63) is 76.7 Å². The Balaban J connectivity index is 1.65. The molecular weight excluding hydrogens is 312 g/mol. The summed E-state index contributed by atoms with van der Waals surface area (Å²) in [4.78, 5) is 16.8. The number of carbonyl (C=O) groups is 1. The molecule has 0 saturated heterocycles. The number of hydrogen-bond donors (Lipinski definition) is 1. The minimum absolute atomic E-state index is 0.202. The Hall–Kier alpha value is -2.88. The van der Waals surface area contributed by atoms with Gasteiger partial charge in [0.15, 0.2) is 5.69 Å². The third-order valence-electron chi connectivity index (χ3n) is 4.10. The quantitative estimate of drug-likeness (QED) is 0.759. The first-order chi connectivity index (χ1) is 12.0. The topological polar surface area (TPSA) is 55.1 Å². The van der Waals surface area contributed by atoms with Gasteiger partial charge in [0.2, 0.25) is 5.89 Å². The van der Waals surface area contributed by atoms with E-state index in [4.69, 9.17) is 4.42 Å². The van der Waals surface area contributed by atoms with Gasteiger partial charge in [0.25, 0.3) is 5.91 Å². The average Bonchev–Trinajstić information content (AvgIpc) is 2.98. The molecule has 0 aliphatic heterocycles. The lowest BCUT2D eigenvalue weighted by Gasteiger charge is -2.04. The molecule has 2 aromatic carbocycles. The zero-order valence-electron chi connectivity index (χ0n) is 14.8. The van der Waals surface area contributed by atoms with Gasteiger partial charge < -0.3 is 9.73 Å². The maximum absolute atomic E-state index is 12.4. The molecule has 0 saturated carbocycles. The van der Waals surface area contributed by atoms with Crippen LogP contribution in [0.15, 0.2) is 52.9 Å². The fraction of sp³-hybridized carbons (Fsp3) is 0.238. The van der Waals surface area contributed by atoms with Crippen molar-refractivity contribution >= 4 is 5.91 Å². The van der Waals surface area contributed by atoms with Crippen LogP contribution in [0.4, 0.5) is 0 Å². The minimum atomic E-state index is -0.202. The summed E-state index contributed by atoms with van der Waals surface area (Å²) in [5, 5.41) is 2.92. The van der Waals surface area contributed by atoms with Gasteiger partial charge in [-0.15, -0.1) is 0 Å². The summed E-state index contributed by atoms with van der Waals surface area (Å²) in [5.41, 5.74) is 4.78. The lowest BCUT2D eigenvalue weighted by atomic mass is 10.1. The van der Waals surface area contributed by atoms with Crippen molar-refractivity contribution in [3.63, 3.8) is 0 Å². The van der Waals surface area contributed by atoms with Crippen molar-refractivity contribution in [2.75, 3.05) is 6.54 Å². The van der Waals surface area contributed by atoms with Gasteiger partial charge in [-0.2, -0.15) is 0 Å². The highest BCUT2D eigenvalue weighted by atomic mass is 16.4. The molecule has 4 nitrogen and oxygen atoms in total. The molecule has 0 unspecified atom stereocenters. The highest BCUT2D eigenvalue weighted by Crippen LogP contribution is 2.22. The summed E-state index contributed by atoms with van der Waals surface area (Å²) in [6, 6.07) is 16.2. The van der Waals surface area contributed by atoms with Crippen LogP contribution >= 0.6 is 0 Å². The summed E-state index contributed by atoms with van der Waals surface area (Å²) in [6.45, 7) is 6.40. The Kier molecular flexibility index (Phi) is 4.98. The van der Waals surface area contributed by atoms with E-state index in [1.54, 1.807) is 6.92 Å². The molecule has 0 radical (unpaired) electrons. The molecule has 0 atom stereocenters. The number of carbonyl (C=O) groups excluding carboxylic acids is 1. The van der Waals surface area contributed by atoms with E-state index in [0.29, 0.717) is 23.9 Å². The van der Waals surface area contributed by atoms with E-state index in [0.717, 1.165) is 17.5 Å². The van der Waals surface area contributed by atoms with Gasteiger partial charge >= 0.3 is 0 Å². The minimum Gasteiger partial charge on any atom is -0.441 e. The van der Waals surface area contributed by atoms with Crippen LogP contribution in [0.5, 0.6) is 0 Å². The van der Waals surface area contributed by atoms with Crippen molar-refractivity contribution in [1.29, 1.82) is 0 Å². The van der Waals surface area contributed by atoms with Crippen LogP contribution in [0.3, 0.4) is 0 Å². The molecule has 3 rings (SSSR count). The largest absolute Gasteiger partial charge is 0.441 e. The van der Waals surface area contributed by atoms with Crippen LogP contribution in [-0.2, 0) is 6.42 Å². The van der Waals surface area contributed by atoms with Crippen LogP contribution < -0.4 is 5.32 Å². The molecule has 1 heterocycles. The second-order valence-corrected chi connectivity index (χ2v) is 6.28. The zero-order chi connectivity index (χ0) is 17.8. The van der Waals surface area contributed by atoms with E-state index in [1.165, 1.54) is 11.1 Å². The molecule has 128 valence electrons. The SMILES string of the molecule is Cc1ccc(CCNC(=O)c2nc(-c3cccc(C)c3)oc2C)cc1. The number of aryl methyl sites for hydroxylation is 3. The molecule has 25 heavy (non-hydrogen) atoms. The van der Waals surface area contributed by atoms with Crippen molar-refractivity contribution in [1.82, 2.24) is 10.3 Å². The monoisotopic (exact) mass is 334 g/mol. The Morgan fingerprint density at radius 2 is 1.80 bits per heavy atom. The molecule has 1 amide bonds. The average molecular weight is 334 g/mol. The van der Waals surface area contributed by atoms with E-state index < -0.39 is 0 Å². The van der Waals surface area contributed by atoms with E-state index in [1.807, 2.05) is 31.2 Å².